The van der Waals surface area contributed by atoms with Gasteiger partial charge in [0.2, 0.25) is 0 Å². The number of carboxylic acids is 1. The lowest BCUT2D eigenvalue weighted by molar-refractivity contribution is -0.137. The number of anilines is 1. The number of benzene rings is 3. The van der Waals surface area contributed by atoms with Crippen molar-refractivity contribution in [1.82, 2.24) is 14.7 Å². The van der Waals surface area contributed by atoms with Crippen molar-refractivity contribution in [3.8, 4) is 11.3 Å². The summed E-state index contributed by atoms with van der Waals surface area (Å²) in [6, 6.07) is 26.0. The molecule has 5 aromatic rings. The van der Waals surface area contributed by atoms with Crippen molar-refractivity contribution in [3.05, 3.63) is 125 Å². The number of pyridine rings is 1. The molecule has 0 fully saturated rings. The fraction of sp³-hybridized carbons (Fsp3) is 0.129. The van der Waals surface area contributed by atoms with E-state index < -0.39 is 17.9 Å². The van der Waals surface area contributed by atoms with Gasteiger partial charge in [-0.25, -0.2) is 9.37 Å². The smallest absolute Gasteiger partial charge is 0.305 e. The van der Waals surface area contributed by atoms with Gasteiger partial charge in [0.05, 0.1) is 12.5 Å². The van der Waals surface area contributed by atoms with Gasteiger partial charge in [-0.1, -0.05) is 60.2 Å². The van der Waals surface area contributed by atoms with Crippen LogP contribution in [0.3, 0.4) is 0 Å². The monoisotopic (exact) mass is 522 g/mol. The van der Waals surface area contributed by atoms with E-state index in [9.17, 15) is 19.1 Å². The van der Waals surface area contributed by atoms with Gasteiger partial charge in [0.1, 0.15) is 23.0 Å². The molecule has 1 amide bonds. The summed E-state index contributed by atoms with van der Waals surface area (Å²) < 4.78 is 15.5. The molecule has 2 heterocycles. The first-order valence-electron chi connectivity index (χ1n) is 12.5. The number of aliphatic carboxylic acids is 1. The SMILES string of the molecule is Cc1ccc(C(CC(=O)O)NC(=O)c2ccn3c(NCc4ccccc4)c(-c4ccc(F)cc4)nc3c2)cc1. The molecule has 0 bridgehead atoms. The van der Waals surface area contributed by atoms with E-state index in [1.807, 2.05) is 65.9 Å². The van der Waals surface area contributed by atoms with Crippen LogP contribution in [-0.4, -0.2) is 26.4 Å². The van der Waals surface area contributed by atoms with Crippen LogP contribution in [0.5, 0.6) is 0 Å². The predicted octanol–water partition coefficient (Wildman–Crippen LogP) is 6.01. The third-order valence-corrected chi connectivity index (χ3v) is 6.47. The first-order valence-corrected chi connectivity index (χ1v) is 12.5. The zero-order valence-electron chi connectivity index (χ0n) is 21.3. The lowest BCUT2D eigenvalue weighted by atomic mass is 10.0. The van der Waals surface area contributed by atoms with Gasteiger partial charge in [-0.15, -0.1) is 0 Å². The van der Waals surface area contributed by atoms with Crippen LogP contribution in [-0.2, 0) is 11.3 Å². The second kappa shape index (κ2) is 11.2. The normalized spacial score (nSPS) is 11.7. The highest BCUT2D eigenvalue weighted by atomic mass is 19.1. The minimum atomic E-state index is -1.01. The Morgan fingerprint density at radius 1 is 0.974 bits per heavy atom. The van der Waals surface area contributed by atoms with Crippen molar-refractivity contribution in [2.75, 3.05) is 5.32 Å². The van der Waals surface area contributed by atoms with Gasteiger partial charge < -0.3 is 15.7 Å². The number of hydrogen-bond acceptors (Lipinski definition) is 4. The van der Waals surface area contributed by atoms with Crippen molar-refractivity contribution in [2.24, 2.45) is 0 Å². The van der Waals surface area contributed by atoms with Gasteiger partial charge in [-0.05, 0) is 54.4 Å². The van der Waals surface area contributed by atoms with E-state index in [2.05, 4.69) is 10.6 Å². The summed E-state index contributed by atoms with van der Waals surface area (Å²) in [6.07, 6.45) is 1.50. The fourth-order valence-corrected chi connectivity index (χ4v) is 4.41. The maximum Gasteiger partial charge on any atom is 0.305 e. The van der Waals surface area contributed by atoms with E-state index in [1.54, 1.807) is 30.5 Å². The first-order chi connectivity index (χ1) is 18.9. The lowest BCUT2D eigenvalue weighted by Gasteiger charge is -2.18. The minimum Gasteiger partial charge on any atom is -0.481 e. The number of aryl methyl sites for hydroxylation is 1. The summed E-state index contributed by atoms with van der Waals surface area (Å²) in [7, 11) is 0. The molecule has 8 heteroatoms. The van der Waals surface area contributed by atoms with Crippen LogP contribution < -0.4 is 10.6 Å². The second-order valence-corrected chi connectivity index (χ2v) is 9.33. The molecule has 39 heavy (non-hydrogen) atoms. The number of aromatic nitrogens is 2. The topological polar surface area (TPSA) is 95.7 Å². The van der Waals surface area contributed by atoms with Crippen molar-refractivity contribution in [2.45, 2.75) is 25.9 Å². The molecule has 0 radical (unpaired) electrons. The average Bonchev–Trinajstić information content (AvgIpc) is 3.30. The van der Waals surface area contributed by atoms with Gasteiger partial charge in [0, 0.05) is 23.9 Å². The quantitative estimate of drug-likeness (QED) is 0.220. The molecule has 0 aliphatic carbocycles. The number of halogens is 1. The molecular weight excluding hydrogens is 495 g/mol. The van der Waals surface area contributed by atoms with E-state index in [0.29, 0.717) is 34.8 Å². The molecular formula is C31H27FN4O3. The Bertz CT molecular complexity index is 1610. The highest BCUT2D eigenvalue weighted by Gasteiger charge is 2.21. The number of fused-ring (bicyclic) bond motifs is 1. The Labute approximate surface area is 225 Å². The van der Waals surface area contributed by atoms with Gasteiger partial charge in [-0.2, -0.15) is 0 Å². The van der Waals surface area contributed by atoms with Gasteiger partial charge in [-0.3, -0.25) is 14.0 Å². The molecule has 3 N–H and O–H groups in total. The van der Waals surface area contributed by atoms with Crippen LogP contribution in [0.15, 0.2) is 97.2 Å². The molecule has 0 saturated heterocycles. The van der Waals surface area contributed by atoms with Crippen molar-refractivity contribution < 1.29 is 19.1 Å². The summed E-state index contributed by atoms with van der Waals surface area (Å²) in [5, 5.41) is 15.7. The average molecular weight is 523 g/mol. The highest BCUT2D eigenvalue weighted by molar-refractivity contribution is 5.96. The number of carbonyl (C=O) groups is 2. The van der Waals surface area contributed by atoms with E-state index in [-0.39, 0.29) is 12.2 Å². The van der Waals surface area contributed by atoms with Crippen LogP contribution in [0.2, 0.25) is 0 Å². The summed E-state index contributed by atoms with van der Waals surface area (Å²) in [6.45, 7) is 2.48. The lowest BCUT2D eigenvalue weighted by Crippen LogP contribution is -2.30. The van der Waals surface area contributed by atoms with E-state index >= 15 is 0 Å². The number of hydrogen-bond donors (Lipinski definition) is 3. The van der Waals surface area contributed by atoms with E-state index in [4.69, 9.17) is 4.98 Å². The standard InChI is InChI=1S/C31H27FN4O3/c1-20-7-9-22(10-8-20)26(18-28(37)38)34-31(39)24-15-16-36-27(17-24)35-29(23-11-13-25(32)14-12-23)30(36)33-19-21-5-3-2-4-6-21/h2-17,26,33H,18-19H2,1H3,(H,34,39)(H,37,38). The Hall–Kier alpha value is -4.98. The molecule has 0 spiro atoms. The number of amides is 1. The van der Waals surface area contributed by atoms with Crippen LogP contribution in [0.25, 0.3) is 16.9 Å². The molecule has 0 aliphatic rings. The molecule has 0 aliphatic heterocycles. The zero-order chi connectivity index (χ0) is 27.4. The largest absolute Gasteiger partial charge is 0.481 e. The predicted molar refractivity (Wildman–Crippen MR) is 148 cm³/mol. The Kier molecular flexibility index (Phi) is 7.36. The summed E-state index contributed by atoms with van der Waals surface area (Å²) in [5.41, 5.74) is 5.03. The summed E-state index contributed by atoms with van der Waals surface area (Å²) >= 11 is 0. The molecule has 2 aromatic heterocycles. The third kappa shape index (κ3) is 5.96. The first kappa shape index (κ1) is 25.7. The third-order valence-electron chi connectivity index (χ3n) is 6.47. The summed E-state index contributed by atoms with van der Waals surface area (Å²) in [4.78, 5) is 29.5. The van der Waals surface area contributed by atoms with Crippen molar-refractivity contribution >= 4 is 23.3 Å². The van der Waals surface area contributed by atoms with Crippen LogP contribution in [0.4, 0.5) is 10.2 Å². The molecule has 0 saturated carbocycles. The maximum absolute atomic E-state index is 13.6. The Morgan fingerprint density at radius 3 is 2.38 bits per heavy atom. The highest BCUT2D eigenvalue weighted by Crippen LogP contribution is 2.30. The van der Waals surface area contributed by atoms with Gasteiger partial charge in [0.25, 0.3) is 5.91 Å². The number of rotatable bonds is 9. The zero-order valence-corrected chi connectivity index (χ0v) is 21.3. The molecule has 5 rings (SSSR count). The van der Waals surface area contributed by atoms with Crippen LogP contribution in [0.1, 0.15) is 39.5 Å². The number of nitrogens with one attached hydrogen (secondary N) is 2. The second-order valence-electron chi connectivity index (χ2n) is 9.33. The Morgan fingerprint density at radius 2 is 1.69 bits per heavy atom. The Balaban J connectivity index is 1.47. The molecule has 3 aromatic carbocycles. The van der Waals surface area contributed by atoms with Crippen LogP contribution in [0, 0.1) is 12.7 Å². The van der Waals surface area contributed by atoms with Crippen molar-refractivity contribution in [1.29, 1.82) is 0 Å². The molecule has 196 valence electrons. The number of nitrogens with zero attached hydrogens (tertiary/aromatic N) is 2. The van der Waals surface area contributed by atoms with Crippen LogP contribution >= 0.6 is 0 Å². The van der Waals surface area contributed by atoms with E-state index in [0.717, 1.165) is 16.7 Å². The van der Waals surface area contributed by atoms with Crippen molar-refractivity contribution in [3.63, 3.8) is 0 Å². The number of carbonyl (C=O) groups excluding carboxylic acids is 1. The summed E-state index contributed by atoms with van der Waals surface area (Å²) in [5.74, 6) is -1.06. The van der Waals surface area contributed by atoms with Gasteiger partial charge >= 0.3 is 5.97 Å². The molecule has 1 atom stereocenters. The molecule has 1 unspecified atom stereocenters. The minimum absolute atomic E-state index is 0.247. The number of imidazole rings is 1. The fourth-order valence-electron chi connectivity index (χ4n) is 4.41. The maximum atomic E-state index is 13.6. The van der Waals surface area contributed by atoms with E-state index in [1.165, 1.54) is 12.1 Å². The number of carboxylic acid groups (broad SMARTS) is 1. The molecule has 7 nitrogen and oxygen atoms in total. The van der Waals surface area contributed by atoms with Gasteiger partial charge in [0.15, 0.2) is 0 Å².